The van der Waals surface area contributed by atoms with Crippen molar-refractivity contribution in [1.29, 1.82) is 0 Å². The number of carbonyl (C=O) groups is 1. The molecular weight excluding hydrogens is 236 g/mol. The maximum atomic E-state index is 12.1. The minimum atomic E-state index is -0.201. The molecule has 86 valence electrons. The minimum absolute atomic E-state index is 0.201. The molecule has 0 amide bonds. The van der Waals surface area contributed by atoms with Gasteiger partial charge in [0.1, 0.15) is 0 Å². The molecule has 0 spiro atoms. The molecule has 17 heavy (non-hydrogen) atoms. The molecule has 3 nitrogen and oxygen atoms in total. The Balaban J connectivity index is 2.35. The van der Waals surface area contributed by atoms with Gasteiger partial charge in [-0.2, -0.15) is 0 Å². The summed E-state index contributed by atoms with van der Waals surface area (Å²) in [5.41, 5.74) is 1.80. The van der Waals surface area contributed by atoms with Crippen LogP contribution in [0.5, 0.6) is 0 Å². The van der Waals surface area contributed by atoms with E-state index in [0.29, 0.717) is 16.3 Å². The van der Waals surface area contributed by atoms with Gasteiger partial charge in [-0.3, -0.25) is 4.79 Å². The molecule has 0 saturated heterocycles. The Kier molecular flexibility index (Phi) is 3.11. The normalized spacial score (nSPS) is 10.2. The Labute approximate surface area is 104 Å². The van der Waals surface area contributed by atoms with E-state index in [-0.39, 0.29) is 5.78 Å². The number of rotatable bonds is 3. The molecule has 0 aliphatic carbocycles. The fourth-order valence-corrected chi connectivity index (χ4v) is 1.82. The van der Waals surface area contributed by atoms with Crippen LogP contribution in [0.25, 0.3) is 5.70 Å². The molecule has 4 heteroatoms. The van der Waals surface area contributed by atoms with E-state index in [0.717, 1.165) is 5.56 Å². The Hall–Kier alpha value is -1.87. The average molecular weight is 247 g/mol. The van der Waals surface area contributed by atoms with Crippen molar-refractivity contribution in [3.05, 3.63) is 59.6 Å². The number of aryl methyl sites for hydroxylation is 1. The number of hydrogen-bond donors (Lipinski definition) is 0. The SMILES string of the molecule is C=C(C(=O)c1ccc(C)cc1Cl)n1ccnc1. The van der Waals surface area contributed by atoms with E-state index in [9.17, 15) is 4.79 Å². The van der Waals surface area contributed by atoms with Gasteiger partial charge in [-0.05, 0) is 24.6 Å². The van der Waals surface area contributed by atoms with Crippen molar-refractivity contribution in [2.75, 3.05) is 0 Å². The number of allylic oxidation sites excluding steroid dienone is 1. The van der Waals surface area contributed by atoms with E-state index in [1.165, 1.54) is 6.33 Å². The highest BCUT2D eigenvalue weighted by atomic mass is 35.5. The van der Waals surface area contributed by atoms with Crippen LogP contribution in [0.15, 0.2) is 43.5 Å². The number of halogens is 1. The average Bonchev–Trinajstić information content (AvgIpc) is 2.80. The van der Waals surface area contributed by atoms with E-state index < -0.39 is 0 Å². The first-order valence-electron chi connectivity index (χ1n) is 5.07. The van der Waals surface area contributed by atoms with Gasteiger partial charge in [-0.1, -0.05) is 24.2 Å². The number of Topliss-reactive ketones (excluding diaryl/α,β-unsaturated/α-hetero) is 1. The second-order valence-electron chi connectivity index (χ2n) is 3.73. The van der Waals surface area contributed by atoms with Crippen LogP contribution in [0, 0.1) is 6.92 Å². The van der Waals surface area contributed by atoms with Crippen LogP contribution < -0.4 is 0 Å². The zero-order chi connectivity index (χ0) is 12.4. The smallest absolute Gasteiger partial charge is 0.210 e. The van der Waals surface area contributed by atoms with E-state index in [1.54, 1.807) is 29.1 Å². The molecule has 0 fully saturated rings. The largest absolute Gasteiger partial charge is 0.303 e. The predicted octanol–water partition coefficient (Wildman–Crippen LogP) is 3.20. The van der Waals surface area contributed by atoms with Crippen molar-refractivity contribution in [2.45, 2.75) is 6.92 Å². The second kappa shape index (κ2) is 4.55. The molecule has 0 bridgehead atoms. The second-order valence-corrected chi connectivity index (χ2v) is 4.14. The Morgan fingerprint density at radius 1 is 1.47 bits per heavy atom. The highest BCUT2D eigenvalue weighted by Gasteiger charge is 2.14. The summed E-state index contributed by atoms with van der Waals surface area (Å²) in [6.45, 7) is 5.67. The summed E-state index contributed by atoms with van der Waals surface area (Å²) in [7, 11) is 0. The molecule has 0 saturated carbocycles. The molecule has 1 heterocycles. The summed E-state index contributed by atoms with van der Waals surface area (Å²) in [6, 6.07) is 5.32. The Morgan fingerprint density at radius 2 is 2.24 bits per heavy atom. The number of imidazole rings is 1. The van der Waals surface area contributed by atoms with Gasteiger partial charge >= 0.3 is 0 Å². The topological polar surface area (TPSA) is 34.9 Å². The third kappa shape index (κ3) is 2.29. The number of ketones is 1. The zero-order valence-corrected chi connectivity index (χ0v) is 10.1. The third-order valence-electron chi connectivity index (χ3n) is 2.45. The predicted molar refractivity (Wildman–Crippen MR) is 68.1 cm³/mol. The van der Waals surface area contributed by atoms with E-state index in [4.69, 9.17) is 11.6 Å². The molecule has 2 rings (SSSR count). The van der Waals surface area contributed by atoms with Gasteiger partial charge in [0.15, 0.2) is 0 Å². The molecule has 2 aromatic rings. The van der Waals surface area contributed by atoms with E-state index in [2.05, 4.69) is 11.6 Å². The molecular formula is C13H11ClN2O. The number of hydrogen-bond acceptors (Lipinski definition) is 2. The monoisotopic (exact) mass is 246 g/mol. The van der Waals surface area contributed by atoms with Gasteiger partial charge < -0.3 is 4.57 Å². The lowest BCUT2D eigenvalue weighted by Crippen LogP contribution is -2.07. The lowest BCUT2D eigenvalue weighted by Gasteiger charge is -2.07. The van der Waals surface area contributed by atoms with Crippen molar-refractivity contribution in [1.82, 2.24) is 9.55 Å². The maximum absolute atomic E-state index is 12.1. The lowest BCUT2D eigenvalue weighted by molar-refractivity contribution is 0.105. The van der Waals surface area contributed by atoms with E-state index >= 15 is 0 Å². The Bertz CT molecular complexity index is 573. The molecule has 0 N–H and O–H groups in total. The van der Waals surface area contributed by atoms with Crippen LogP contribution in [-0.4, -0.2) is 15.3 Å². The molecule has 0 aliphatic heterocycles. The third-order valence-corrected chi connectivity index (χ3v) is 2.76. The molecule has 0 atom stereocenters. The summed E-state index contributed by atoms with van der Waals surface area (Å²) < 4.78 is 1.57. The van der Waals surface area contributed by atoms with Crippen LogP contribution in [0.1, 0.15) is 15.9 Å². The van der Waals surface area contributed by atoms with Crippen LogP contribution in [0.2, 0.25) is 5.02 Å². The minimum Gasteiger partial charge on any atom is -0.303 e. The number of carbonyl (C=O) groups excluding carboxylic acids is 1. The molecule has 0 radical (unpaired) electrons. The first-order chi connectivity index (χ1) is 8.09. The van der Waals surface area contributed by atoms with Gasteiger partial charge in [-0.15, -0.1) is 0 Å². The fraction of sp³-hybridized carbons (Fsp3) is 0.0769. The molecule has 0 aliphatic rings. The van der Waals surface area contributed by atoms with E-state index in [1.807, 2.05) is 13.0 Å². The number of aromatic nitrogens is 2. The standard InChI is InChI=1S/C13H11ClN2O/c1-9-3-4-11(12(14)7-9)13(17)10(2)16-6-5-15-8-16/h3-8H,2H2,1H3. The summed E-state index contributed by atoms with van der Waals surface area (Å²) >= 11 is 6.04. The van der Waals surface area contributed by atoms with Crippen LogP contribution >= 0.6 is 11.6 Å². The van der Waals surface area contributed by atoms with Gasteiger partial charge in [0, 0.05) is 18.0 Å². The van der Waals surface area contributed by atoms with Crippen LogP contribution in [0.4, 0.5) is 0 Å². The maximum Gasteiger partial charge on any atom is 0.210 e. The lowest BCUT2D eigenvalue weighted by atomic mass is 10.1. The number of nitrogens with zero attached hydrogens (tertiary/aromatic N) is 2. The molecule has 1 aromatic carbocycles. The summed E-state index contributed by atoms with van der Waals surface area (Å²) in [6.07, 6.45) is 4.79. The summed E-state index contributed by atoms with van der Waals surface area (Å²) in [4.78, 5) is 16.0. The first kappa shape index (κ1) is 11.6. The van der Waals surface area contributed by atoms with Gasteiger partial charge in [0.05, 0.1) is 17.0 Å². The van der Waals surface area contributed by atoms with Crippen LogP contribution in [0.3, 0.4) is 0 Å². The fourth-order valence-electron chi connectivity index (χ4n) is 1.50. The van der Waals surface area contributed by atoms with Gasteiger partial charge in [0.25, 0.3) is 0 Å². The van der Waals surface area contributed by atoms with Gasteiger partial charge in [-0.25, -0.2) is 4.98 Å². The van der Waals surface area contributed by atoms with Crippen molar-refractivity contribution < 1.29 is 4.79 Å². The van der Waals surface area contributed by atoms with Gasteiger partial charge in [0.2, 0.25) is 5.78 Å². The summed E-state index contributed by atoms with van der Waals surface area (Å²) in [5.74, 6) is -0.201. The van der Waals surface area contributed by atoms with Crippen molar-refractivity contribution in [3.63, 3.8) is 0 Å². The molecule has 0 unspecified atom stereocenters. The van der Waals surface area contributed by atoms with Crippen molar-refractivity contribution >= 4 is 23.1 Å². The summed E-state index contributed by atoms with van der Waals surface area (Å²) in [5, 5.41) is 0.441. The number of benzene rings is 1. The quantitative estimate of drug-likeness (QED) is 0.616. The highest BCUT2D eigenvalue weighted by molar-refractivity contribution is 6.37. The highest BCUT2D eigenvalue weighted by Crippen LogP contribution is 2.21. The van der Waals surface area contributed by atoms with Crippen LogP contribution in [-0.2, 0) is 0 Å². The van der Waals surface area contributed by atoms with Crippen molar-refractivity contribution in [2.24, 2.45) is 0 Å². The van der Waals surface area contributed by atoms with Crippen molar-refractivity contribution in [3.8, 4) is 0 Å². The molecule has 1 aromatic heterocycles. The first-order valence-corrected chi connectivity index (χ1v) is 5.45. The zero-order valence-electron chi connectivity index (χ0n) is 9.35. The Morgan fingerprint density at radius 3 is 2.82 bits per heavy atom.